The third-order valence-electron chi connectivity index (χ3n) is 4.74. The fraction of sp³-hybridized carbons (Fsp3) is 0.471. The molecule has 0 aliphatic carbocycles. The molecule has 0 fully saturated rings. The van der Waals surface area contributed by atoms with Gasteiger partial charge in [0, 0.05) is 23.9 Å². The van der Waals surface area contributed by atoms with Gasteiger partial charge >= 0.3 is 0 Å². The molecule has 1 aromatic rings. The van der Waals surface area contributed by atoms with Crippen LogP contribution in [0.15, 0.2) is 23.2 Å². The number of halogens is 3. The van der Waals surface area contributed by atoms with E-state index in [9.17, 15) is 27.1 Å². The highest BCUT2D eigenvalue weighted by Gasteiger charge is 2.45. The number of sulfone groups is 1. The molecule has 0 radical (unpaired) electrons. The average Bonchev–Trinajstić information content (AvgIpc) is 3.04. The summed E-state index contributed by atoms with van der Waals surface area (Å²) >= 11 is 6.33. The van der Waals surface area contributed by atoms with Crippen molar-refractivity contribution in [3.8, 4) is 0 Å². The summed E-state index contributed by atoms with van der Waals surface area (Å²) in [5.74, 6) is -2.50. The lowest BCUT2D eigenvalue weighted by molar-refractivity contribution is -0.0465. The van der Waals surface area contributed by atoms with Gasteiger partial charge in [0.25, 0.3) is 0 Å². The lowest BCUT2D eigenvalue weighted by Crippen LogP contribution is -2.54. The number of hydrazine groups is 1. The van der Waals surface area contributed by atoms with Gasteiger partial charge in [0.2, 0.25) is 11.5 Å². The predicted molar refractivity (Wildman–Crippen MR) is 96.7 cm³/mol. The molecule has 2 aliphatic rings. The molecule has 2 atom stereocenters. The molecule has 0 saturated heterocycles. The molecule has 0 bridgehead atoms. The third-order valence-corrected chi connectivity index (χ3v) is 6.95. The molecule has 2 unspecified atom stereocenters. The van der Waals surface area contributed by atoms with Crippen LogP contribution < -0.4 is 5.43 Å². The quantitative estimate of drug-likeness (QED) is 0.657. The van der Waals surface area contributed by atoms with Gasteiger partial charge in [-0.05, 0) is 18.6 Å². The first-order valence-electron chi connectivity index (χ1n) is 8.58. The largest absolute Gasteiger partial charge is 0.371 e. The number of hydrogen-bond acceptors (Lipinski definition) is 7. The van der Waals surface area contributed by atoms with Crippen LogP contribution in [0.4, 0.5) is 8.78 Å². The topological polar surface area (TPSA) is 95.9 Å². The highest BCUT2D eigenvalue weighted by Crippen LogP contribution is 2.43. The number of fused-ring (bicyclic) bond motifs is 1. The summed E-state index contributed by atoms with van der Waals surface area (Å²) in [4.78, 5) is 12.3. The Hall–Kier alpha value is -1.59. The van der Waals surface area contributed by atoms with Crippen molar-refractivity contribution >= 4 is 27.2 Å². The number of likely N-dealkylation sites (N-methyl/N-ethyl adjacent to an activating group) is 1. The van der Waals surface area contributed by atoms with Crippen LogP contribution >= 0.6 is 11.6 Å². The second-order valence-corrected chi connectivity index (χ2v) is 8.80. The maximum Gasteiger partial charge on any atom is 0.221 e. The molecule has 0 amide bonds. The fourth-order valence-corrected chi connectivity index (χ4v) is 5.49. The van der Waals surface area contributed by atoms with E-state index in [0.717, 1.165) is 0 Å². The van der Waals surface area contributed by atoms with Gasteiger partial charge in [-0.1, -0.05) is 18.5 Å². The molecule has 3 rings (SSSR count). The van der Waals surface area contributed by atoms with Gasteiger partial charge in [-0.15, -0.1) is 0 Å². The number of Topliss-reactive ketones (excluding diaryl/α,β-unsaturated/α-hetero) is 1. The molecule has 11 heteroatoms. The maximum atomic E-state index is 14.8. The number of aliphatic hydroxyl groups is 1. The molecule has 7 nitrogen and oxygen atoms in total. The Morgan fingerprint density at radius 1 is 1.54 bits per heavy atom. The van der Waals surface area contributed by atoms with E-state index < -0.39 is 56.2 Å². The van der Waals surface area contributed by atoms with Crippen molar-refractivity contribution in [3.05, 3.63) is 40.3 Å². The number of hydrogen-bond donors (Lipinski definition) is 2. The number of rotatable bonds is 6. The highest BCUT2D eigenvalue weighted by atomic mass is 35.5. The lowest BCUT2D eigenvalue weighted by atomic mass is 9.95. The van der Waals surface area contributed by atoms with Gasteiger partial charge in [0.05, 0.1) is 23.5 Å². The summed E-state index contributed by atoms with van der Waals surface area (Å²) in [6.07, 6.45) is 1.49. The smallest absolute Gasteiger partial charge is 0.221 e. The molecule has 2 N–H and O–H groups in total. The SMILES string of the molecule is CCN1NC=CC1(O)C(=O)c1cc(F)c2c(c1Cl)C(OCCF)CCS2(=O)=O. The maximum absolute atomic E-state index is 14.8. The molecular weight excluding hydrogens is 418 g/mol. The number of ketones is 1. The standard InChI is InChI=1S/C17H19ClF2N2O5S/c1-2-22-17(24,4-6-21-22)16(23)10-9-11(20)15-13(14(10)18)12(27-7-5-19)3-8-28(15,25)26/h4,6,9,12,21,24H,2-3,5,7-8H2,1H3. The van der Waals surface area contributed by atoms with Crippen molar-refractivity contribution in [1.29, 1.82) is 0 Å². The molecule has 0 saturated carbocycles. The summed E-state index contributed by atoms with van der Waals surface area (Å²) in [5, 5.41) is 11.6. The fourth-order valence-electron chi connectivity index (χ4n) is 3.42. The van der Waals surface area contributed by atoms with Gasteiger partial charge < -0.3 is 15.3 Å². The Morgan fingerprint density at radius 2 is 2.25 bits per heavy atom. The Bertz CT molecular complexity index is 940. The number of carbonyl (C=O) groups excluding carboxylic acids is 1. The first-order chi connectivity index (χ1) is 13.2. The summed E-state index contributed by atoms with van der Waals surface area (Å²) in [6, 6.07) is 0.705. The minimum absolute atomic E-state index is 0.0566. The minimum Gasteiger partial charge on any atom is -0.371 e. The number of ether oxygens (including phenoxy) is 1. The van der Waals surface area contributed by atoms with E-state index in [0.29, 0.717) is 6.07 Å². The van der Waals surface area contributed by atoms with Crippen molar-refractivity contribution in [3.63, 3.8) is 0 Å². The molecule has 154 valence electrons. The Kier molecular flexibility index (Phi) is 5.79. The van der Waals surface area contributed by atoms with Gasteiger partial charge in [0.1, 0.15) is 17.4 Å². The van der Waals surface area contributed by atoms with E-state index in [1.165, 1.54) is 17.3 Å². The zero-order chi connectivity index (χ0) is 20.7. The number of benzene rings is 1. The van der Waals surface area contributed by atoms with E-state index >= 15 is 0 Å². The molecule has 2 heterocycles. The van der Waals surface area contributed by atoms with Crippen LogP contribution in [0.25, 0.3) is 0 Å². The molecule has 1 aromatic carbocycles. The molecule has 28 heavy (non-hydrogen) atoms. The number of carbonyl (C=O) groups is 1. The lowest BCUT2D eigenvalue weighted by Gasteiger charge is -2.32. The highest BCUT2D eigenvalue weighted by molar-refractivity contribution is 7.91. The van der Waals surface area contributed by atoms with Crippen LogP contribution in [0.3, 0.4) is 0 Å². The zero-order valence-corrected chi connectivity index (χ0v) is 16.5. The van der Waals surface area contributed by atoms with E-state index in [1.54, 1.807) is 6.92 Å². The zero-order valence-electron chi connectivity index (χ0n) is 14.9. The van der Waals surface area contributed by atoms with E-state index in [4.69, 9.17) is 16.3 Å². The average molecular weight is 437 g/mol. The second-order valence-electron chi connectivity index (χ2n) is 6.38. The first-order valence-corrected chi connectivity index (χ1v) is 10.6. The normalized spacial score (nSPS) is 26.1. The number of nitrogens with zero attached hydrogens (tertiary/aromatic N) is 1. The van der Waals surface area contributed by atoms with Crippen LogP contribution in [0.2, 0.25) is 5.02 Å². The van der Waals surface area contributed by atoms with E-state index in [1.807, 2.05) is 0 Å². The van der Waals surface area contributed by atoms with Gasteiger partial charge in [-0.25, -0.2) is 17.2 Å². The van der Waals surface area contributed by atoms with Gasteiger partial charge in [-0.3, -0.25) is 4.79 Å². The Balaban J connectivity index is 2.17. The van der Waals surface area contributed by atoms with Crippen molar-refractivity contribution in [1.82, 2.24) is 10.4 Å². The van der Waals surface area contributed by atoms with Gasteiger partial charge in [-0.2, -0.15) is 5.01 Å². The third kappa shape index (κ3) is 3.33. The van der Waals surface area contributed by atoms with Crippen molar-refractivity contribution in [2.75, 3.05) is 25.6 Å². The van der Waals surface area contributed by atoms with Crippen LogP contribution in [0.5, 0.6) is 0 Å². The Morgan fingerprint density at radius 3 is 2.89 bits per heavy atom. The van der Waals surface area contributed by atoms with Crippen LogP contribution in [0.1, 0.15) is 35.4 Å². The van der Waals surface area contributed by atoms with Crippen LogP contribution in [-0.2, 0) is 14.6 Å². The predicted octanol–water partition coefficient (Wildman–Crippen LogP) is 1.91. The summed E-state index contributed by atoms with van der Waals surface area (Å²) in [5.41, 5.74) is -0.0535. The molecular formula is C17H19ClF2N2O5S. The monoisotopic (exact) mass is 436 g/mol. The molecule has 2 aliphatic heterocycles. The number of alkyl halides is 1. The van der Waals surface area contributed by atoms with E-state index in [-0.39, 0.29) is 30.2 Å². The summed E-state index contributed by atoms with van der Waals surface area (Å²) in [7, 11) is -3.99. The first kappa shape index (κ1) is 21.1. The van der Waals surface area contributed by atoms with Crippen LogP contribution in [-0.4, -0.2) is 55.6 Å². The molecule has 0 aromatic heterocycles. The van der Waals surface area contributed by atoms with Crippen molar-refractivity contribution in [2.45, 2.75) is 30.1 Å². The van der Waals surface area contributed by atoms with E-state index in [2.05, 4.69) is 5.43 Å². The summed E-state index contributed by atoms with van der Waals surface area (Å²) in [6.45, 7) is 0.761. The Labute approximate surface area is 165 Å². The van der Waals surface area contributed by atoms with Crippen molar-refractivity contribution in [2.24, 2.45) is 0 Å². The second kappa shape index (κ2) is 7.68. The molecule has 0 spiro atoms. The summed E-state index contributed by atoms with van der Waals surface area (Å²) < 4.78 is 57.4. The minimum atomic E-state index is -3.99. The van der Waals surface area contributed by atoms with Crippen molar-refractivity contribution < 1.29 is 31.8 Å². The van der Waals surface area contributed by atoms with Crippen LogP contribution in [0, 0.1) is 5.82 Å². The van der Waals surface area contributed by atoms with Gasteiger partial charge in [0.15, 0.2) is 9.84 Å². The number of nitrogens with one attached hydrogen (secondary N) is 1.